The van der Waals surface area contributed by atoms with Gasteiger partial charge in [-0.2, -0.15) is 0 Å². The third kappa shape index (κ3) is 3.07. The molecule has 0 spiro atoms. The van der Waals surface area contributed by atoms with Crippen molar-refractivity contribution in [1.29, 1.82) is 0 Å². The Hall–Kier alpha value is -1.26. The molecule has 4 nitrogen and oxygen atoms in total. The maximum atomic E-state index is 10.5. The van der Waals surface area contributed by atoms with Crippen LogP contribution in [-0.2, 0) is 0 Å². The number of ether oxygens (including phenoxy) is 1. The summed E-state index contributed by atoms with van der Waals surface area (Å²) in [6.45, 7) is 10.7. The second kappa shape index (κ2) is 6.02. The largest absolute Gasteiger partial charge is 0.504 e. The Bertz CT molecular complexity index is 448. The van der Waals surface area contributed by atoms with Gasteiger partial charge in [0.1, 0.15) is 0 Å². The van der Waals surface area contributed by atoms with Gasteiger partial charge in [0.2, 0.25) is 0 Å². The predicted octanol–water partition coefficient (Wildman–Crippen LogP) is 2.39. The molecule has 2 N–H and O–H groups in total. The lowest BCUT2D eigenvalue weighted by atomic mass is 9.80. The van der Waals surface area contributed by atoms with Gasteiger partial charge in [0.15, 0.2) is 11.5 Å². The minimum absolute atomic E-state index is 0.0428. The van der Waals surface area contributed by atoms with Crippen LogP contribution >= 0.6 is 0 Å². The van der Waals surface area contributed by atoms with E-state index in [1.165, 1.54) is 0 Å². The first kappa shape index (κ1) is 15.1. The van der Waals surface area contributed by atoms with Gasteiger partial charge in [-0.3, -0.25) is 4.90 Å². The lowest BCUT2D eigenvalue weighted by Gasteiger charge is -2.42. The van der Waals surface area contributed by atoms with Crippen molar-refractivity contribution < 1.29 is 9.84 Å². The molecule has 0 unspecified atom stereocenters. The van der Waals surface area contributed by atoms with Crippen molar-refractivity contribution in [2.45, 2.75) is 26.8 Å². The van der Waals surface area contributed by atoms with Crippen molar-refractivity contribution in [2.24, 2.45) is 5.41 Å². The molecule has 1 heterocycles. The second-order valence-electron chi connectivity index (χ2n) is 6.45. The van der Waals surface area contributed by atoms with Crippen LogP contribution < -0.4 is 10.1 Å². The van der Waals surface area contributed by atoms with Crippen LogP contribution in [0.4, 0.5) is 0 Å². The van der Waals surface area contributed by atoms with Crippen molar-refractivity contribution in [2.75, 3.05) is 33.3 Å². The number of nitrogens with zero attached hydrogens (tertiary/aromatic N) is 1. The van der Waals surface area contributed by atoms with E-state index >= 15 is 0 Å². The number of piperazine rings is 1. The summed E-state index contributed by atoms with van der Waals surface area (Å²) in [6.07, 6.45) is 0. The maximum absolute atomic E-state index is 10.5. The molecule has 20 heavy (non-hydrogen) atoms. The molecule has 1 aromatic carbocycles. The Morgan fingerprint density at radius 2 is 1.90 bits per heavy atom. The molecular formula is C16H26N2O2. The summed E-state index contributed by atoms with van der Waals surface area (Å²) in [4.78, 5) is 2.45. The van der Waals surface area contributed by atoms with E-state index in [1.54, 1.807) is 13.2 Å². The zero-order chi connectivity index (χ0) is 14.8. The number of benzene rings is 1. The Kier molecular flexibility index (Phi) is 4.55. The van der Waals surface area contributed by atoms with Crippen molar-refractivity contribution >= 4 is 0 Å². The van der Waals surface area contributed by atoms with Gasteiger partial charge >= 0.3 is 0 Å². The van der Waals surface area contributed by atoms with E-state index < -0.39 is 0 Å². The van der Waals surface area contributed by atoms with Gasteiger partial charge in [0, 0.05) is 37.8 Å². The number of nitrogens with one attached hydrogen (secondary N) is 1. The van der Waals surface area contributed by atoms with E-state index in [4.69, 9.17) is 4.74 Å². The van der Waals surface area contributed by atoms with Crippen molar-refractivity contribution in [3.63, 3.8) is 0 Å². The number of phenols is 1. The monoisotopic (exact) mass is 278 g/mol. The molecule has 4 heteroatoms. The molecule has 1 aliphatic heterocycles. The van der Waals surface area contributed by atoms with E-state index in [1.807, 2.05) is 12.1 Å². The molecule has 0 saturated carbocycles. The second-order valence-corrected chi connectivity index (χ2v) is 6.45. The number of para-hydroxylation sites is 1. The molecule has 2 rings (SSSR count). The molecule has 0 bridgehead atoms. The summed E-state index contributed by atoms with van der Waals surface area (Å²) in [5.74, 6) is 0.820. The summed E-state index contributed by atoms with van der Waals surface area (Å²) < 4.78 is 5.25. The van der Waals surface area contributed by atoms with Crippen LogP contribution in [0.25, 0.3) is 0 Å². The lowest BCUT2D eigenvalue weighted by molar-refractivity contribution is 0.0839. The zero-order valence-electron chi connectivity index (χ0n) is 12.9. The first-order valence-corrected chi connectivity index (χ1v) is 7.26. The number of rotatable bonds is 3. The van der Waals surface area contributed by atoms with Gasteiger partial charge in [0.25, 0.3) is 0 Å². The lowest BCUT2D eigenvalue weighted by Crippen LogP contribution is -2.48. The molecule has 0 aromatic heterocycles. The summed E-state index contributed by atoms with van der Waals surface area (Å²) in [6, 6.07) is 5.95. The fourth-order valence-electron chi connectivity index (χ4n) is 3.08. The van der Waals surface area contributed by atoms with Gasteiger partial charge in [-0.05, 0) is 11.5 Å². The minimum Gasteiger partial charge on any atom is -0.504 e. The number of aromatic hydroxyl groups is 1. The van der Waals surface area contributed by atoms with E-state index in [9.17, 15) is 5.11 Å². The first-order valence-electron chi connectivity index (χ1n) is 7.26. The molecule has 1 saturated heterocycles. The molecule has 1 atom stereocenters. The summed E-state index contributed by atoms with van der Waals surface area (Å²) in [5.41, 5.74) is 1.00. The van der Waals surface area contributed by atoms with Gasteiger partial charge in [-0.1, -0.05) is 32.9 Å². The van der Waals surface area contributed by atoms with Gasteiger partial charge in [-0.15, -0.1) is 0 Å². The minimum atomic E-state index is 0.0428. The molecule has 1 aliphatic rings. The number of hydrogen-bond donors (Lipinski definition) is 2. The Labute approximate surface area is 121 Å². The van der Waals surface area contributed by atoms with Crippen LogP contribution in [0.3, 0.4) is 0 Å². The van der Waals surface area contributed by atoms with Gasteiger partial charge < -0.3 is 15.2 Å². The number of hydrogen-bond acceptors (Lipinski definition) is 4. The highest BCUT2D eigenvalue weighted by Crippen LogP contribution is 2.44. The van der Waals surface area contributed by atoms with E-state index in [2.05, 4.69) is 31.0 Å². The summed E-state index contributed by atoms with van der Waals surface area (Å²) in [7, 11) is 1.59. The average molecular weight is 278 g/mol. The molecule has 0 amide bonds. The highest BCUT2D eigenvalue weighted by Gasteiger charge is 2.34. The molecule has 0 radical (unpaired) electrons. The average Bonchev–Trinajstić information content (AvgIpc) is 2.41. The van der Waals surface area contributed by atoms with Crippen LogP contribution in [0.2, 0.25) is 0 Å². The van der Waals surface area contributed by atoms with E-state index in [-0.39, 0.29) is 17.2 Å². The highest BCUT2D eigenvalue weighted by atomic mass is 16.5. The topological polar surface area (TPSA) is 44.7 Å². The van der Waals surface area contributed by atoms with Crippen molar-refractivity contribution in [3.05, 3.63) is 23.8 Å². The zero-order valence-corrected chi connectivity index (χ0v) is 12.9. The Morgan fingerprint density at radius 3 is 2.45 bits per heavy atom. The molecule has 1 aromatic rings. The van der Waals surface area contributed by atoms with Gasteiger partial charge in [0.05, 0.1) is 7.11 Å². The standard InChI is InChI=1S/C16H26N2O2/c1-16(2,3)15(18-10-8-17-9-11-18)12-6-5-7-13(20-4)14(12)19/h5-7,15,17,19H,8-11H2,1-4H3/t15-/m1/s1. The third-order valence-corrected chi connectivity index (χ3v) is 3.88. The SMILES string of the molecule is COc1cccc([C@@H](N2CCNCC2)C(C)(C)C)c1O. The van der Waals surface area contributed by atoms with Crippen LogP contribution in [0.1, 0.15) is 32.4 Å². The smallest absolute Gasteiger partial charge is 0.162 e. The van der Waals surface area contributed by atoms with Crippen LogP contribution in [0.5, 0.6) is 11.5 Å². The van der Waals surface area contributed by atoms with Crippen LogP contribution in [0, 0.1) is 5.41 Å². The Morgan fingerprint density at radius 1 is 1.25 bits per heavy atom. The van der Waals surface area contributed by atoms with Crippen LogP contribution in [0.15, 0.2) is 18.2 Å². The maximum Gasteiger partial charge on any atom is 0.162 e. The Balaban J connectivity index is 2.41. The molecule has 1 fully saturated rings. The summed E-state index contributed by atoms with van der Waals surface area (Å²) >= 11 is 0. The quantitative estimate of drug-likeness (QED) is 0.891. The van der Waals surface area contributed by atoms with Crippen LogP contribution in [-0.4, -0.2) is 43.3 Å². The van der Waals surface area contributed by atoms with E-state index in [0.29, 0.717) is 5.75 Å². The normalized spacial score (nSPS) is 18.8. The number of methoxy groups -OCH3 is 1. The van der Waals surface area contributed by atoms with E-state index in [0.717, 1.165) is 31.7 Å². The van der Waals surface area contributed by atoms with Crippen molar-refractivity contribution in [1.82, 2.24) is 10.2 Å². The van der Waals surface area contributed by atoms with Gasteiger partial charge in [-0.25, -0.2) is 0 Å². The highest BCUT2D eigenvalue weighted by molar-refractivity contribution is 5.47. The summed E-state index contributed by atoms with van der Waals surface area (Å²) in [5, 5.41) is 13.9. The predicted molar refractivity (Wildman–Crippen MR) is 81.3 cm³/mol. The molecule has 0 aliphatic carbocycles. The first-order chi connectivity index (χ1) is 9.45. The fourth-order valence-corrected chi connectivity index (χ4v) is 3.08. The fraction of sp³-hybridized carbons (Fsp3) is 0.625. The third-order valence-electron chi connectivity index (χ3n) is 3.88. The van der Waals surface area contributed by atoms with Crippen molar-refractivity contribution in [3.8, 4) is 11.5 Å². The number of phenolic OH excluding ortho intramolecular Hbond substituents is 1. The molecule has 112 valence electrons. The molecular weight excluding hydrogens is 252 g/mol.